The van der Waals surface area contributed by atoms with Crippen molar-refractivity contribution in [3.05, 3.63) is 88.0 Å². The number of carbonyl (C=O) groups excluding carboxylic acids is 3. The Morgan fingerprint density at radius 3 is 2.36 bits per heavy atom. The second-order valence-corrected chi connectivity index (χ2v) is 17.4. The Hall–Kier alpha value is -5.52. The molecule has 0 saturated heterocycles. The zero-order valence-electron chi connectivity index (χ0n) is 38.5. The van der Waals surface area contributed by atoms with Crippen LogP contribution in [0, 0.1) is 30.6 Å². The Morgan fingerprint density at radius 1 is 0.984 bits per heavy atom. The molecule has 1 unspecified atom stereocenters. The summed E-state index contributed by atoms with van der Waals surface area (Å²) < 4.78 is 42.6. The number of rotatable bonds is 7. The van der Waals surface area contributed by atoms with Crippen LogP contribution in [-0.4, -0.2) is 115 Å². The first-order valence-corrected chi connectivity index (χ1v) is 21.4. The lowest BCUT2D eigenvalue weighted by Gasteiger charge is -2.39. The number of Topliss-reactive ketones (excluding diaryl/α,β-unsaturated/α-hetero) is 1. The van der Waals surface area contributed by atoms with Crippen LogP contribution in [0.3, 0.4) is 0 Å². The molecule has 0 fully saturated rings. The molecule has 346 valence electrons. The van der Waals surface area contributed by atoms with Crippen molar-refractivity contribution in [3.8, 4) is 23.0 Å². The van der Waals surface area contributed by atoms with Crippen molar-refractivity contribution in [3.63, 3.8) is 0 Å². The summed E-state index contributed by atoms with van der Waals surface area (Å²) in [6.07, 6.45) is 3.11. The summed E-state index contributed by atoms with van der Waals surface area (Å²) in [4.78, 5) is 48.2. The van der Waals surface area contributed by atoms with Gasteiger partial charge in [0, 0.05) is 86.6 Å². The molecule has 4 heterocycles. The zero-order chi connectivity index (χ0) is 46.9. The molecule has 5 aliphatic rings. The number of hydrogen-bond donors (Lipinski definition) is 4. The predicted octanol–water partition coefficient (Wildman–Crippen LogP) is 5.73. The summed E-state index contributed by atoms with van der Waals surface area (Å²) in [5, 5.41) is 38.5. The first kappa shape index (κ1) is 47.9. The Labute approximate surface area is 374 Å². The van der Waals surface area contributed by atoms with Crippen LogP contribution >= 0.6 is 0 Å². The van der Waals surface area contributed by atoms with Gasteiger partial charge in [0.05, 0.1) is 35.8 Å². The van der Waals surface area contributed by atoms with Gasteiger partial charge in [0.1, 0.15) is 47.5 Å². The molecule has 0 aromatic heterocycles. The molecule has 0 spiro atoms. The van der Waals surface area contributed by atoms with E-state index in [9.17, 15) is 29.7 Å². The second-order valence-electron chi connectivity index (χ2n) is 17.4. The number of phenolic OH excluding ortho intramolecular Hbond substituents is 1. The number of nitrogens with zero attached hydrogens (tertiary/aromatic N) is 2. The molecule has 0 saturated carbocycles. The number of carbonyl (C=O) groups is 3. The van der Waals surface area contributed by atoms with Gasteiger partial charge in [-0.1, -0.05) is 45.9 Å². The number of hydrogen-bond acceptors (Lipinski definition) is 15. The number of aromatic hydroxyl groups is 1. The molecule has 16 nitrogen and oxygen atoms in total. The van der Waals surface area contributed by atoms with Gasteiger partial charge in [-0.3, -0.25) is 14.4 Å². The molecule has 64 heavy (non-hydrogen) atoms. The number of allylic oxidation sites excluding steroid dienone is 3. The number of benzene rings is 2. The minimum absolute atomic E-state index is 0.00181. The van der Waals surface area contributed by atoms with Gasteiger partial charge in [-0.15, -0.1) is 0 Å². The van der Waals surface area contributed by atoms with E-state index in [1.54, 1.807) is 49.4 Å². The topological polar surface area (TPSA) is 204 Å². The number of nitrogens with one attached hydrogen (secondary N) is 1. The third-order valence-corrected chi connectivity index (χ3v) is 12.5. The number of phenols is 1. The van der Waals surface area contributed by atoms with E-state index in [4.69, 9.17) is 38.2 Å². The van der Waals surface area contributed by atoms with Crippen LogP contribution in [0.2, 0.25) is 0 Å². The molecule has 5 bridgehead atoms. The Kier molecular flexibility index (Phi) is 14.5. The number of esters is 1. The molecule has 0 radical (unpaired) electrons. The van der Waals surface area contributed by atoms with Crippen molar-refractivity contribution >= 4 is 29.1 Å². The van der Waals surface area contributed by atoms with E-state index in [0.29, 0.717) is 24.6 Å². The van der Waals surface area contributed by atoms with E-state index >= 15 is 0 Å². The lowest BCUT2D eigenvalue weighted by Crippen LogP contribution is -2.47. The summed E-state index contributed by atoms with van der Waals surface area (Å²) in [5.74, 6) is -5.31. The second kappa shape index (κ2) is 19.3. The van der Waals surface area contributed by atoms with Crippen molar-refractivity contribution < 1.29 is 62.9 Å². The van der Waals surface area contributed by atoms with E-state index < -0.39 is 83.4 Å². The third kappa shape index (κ3) is 9.20. The summed E-state index contributed by atoms with van der Waals surface area (Å²) >= 11 is 0. The maximum absolute atomic E-state index is 14.8. The third-order valence-electron chi connectivity index (χ3n) is 12.5. The average molecular weight is 888 g/mol. The van der Waals surface area contributed by atoms with E-state index in [1.165, 1.54) is 41.3 Å². The van der Waals surface area contributed by atoms with E-state index in [1.807, 2.05) is 46.7 Å². The minimum Gasteiger partial charge on any atom is -0.507 e. The lowest BCUT2D eigenvalue weighted by molar-refractivity contribution is -0.162. The number of aliphatic imine (C=N–C) groups is 1. The fourth-order valence-corrected chi connectivity index (χ4v) is 8.79. The number of methoxy groups -OCH3 is 2. The fraction of sp³-hybridized carbons (Fsp3) is 0.500. The molecular formula is C48H61N3O13. The standard InChI is InChI=1S/C48H61N3O13/c1-23-14-13-15-24(2)47(57)50-38-41(55)35-34(37-45(38)63-33-22-30(16-17-31(33)49-37)60-21-19-51(9)10)36-44(27(5)40(35)54)64-48(8,46(36)56)61-20-18-32(58-11)25(3)43(62-29(7)52)28(6)42(59-12)26(4)39(23)53/h13-18,20,22-23,25-26,28,32,39,41-43,53-55H,19,21H2,1-12H3,(H,50,57)/b14-13+,20-18+,24-15-/t23-,25+,26+,28+,32-,39-,41?,42+,43+,48-/m0/s1. The van der Waals surface area contributed by atoms with Crippen molar-refractivity contribution in [1.29, 1.82) is 0 Å². The van der Waals surface area contributed by atoms with Gasteiger partial charge < -0.3 is 58.7 Å². The molecule has 16 heteroatoms. The van der Waals surface area contributed by atoms with Crippen LogP contribution in [-0.2, 0) is 28.5 Å². The number of amides is 1. The van der Waals surface area contributed by atoms with Crippen LogP contribution in [0.5, 0.6) is 23.0 Å². The van der Waals surface area contributed by atoms with Crippen LogP contribution in [0.25, 0.3) is 0 Å². The van der Waals surface area contributed by atoms with Crippen molar-refractivity contribution in [1.82, 2.24) is 10.2 Å². The van der Waals surface area contributed by atoms with Gasteiger partial charge in [-0.05, 0) is 46.2 Å². The Morgan fingerprint density at radius 2 is 1.70 bits per heavy atom. The highest BCUT2D eigenvalue weighted by Crippen LogP contribution is 2.53. The SMILES string of the molecule is CO[C@H]1[C@@H](C)[C@H](OC(C)=O)[C@H](C)[C@@H](OC)/C=C/O[C@@]2(C)Oc3c(C)c(O)c4c(c3C2=O)C2=Nc3ccc(OCCN(C)C)cc3OC2=C(NC(=O)/C(C)=C\C=C\[C@H](C)[C@H](O)[C@H]1C)C4O. The van der Waals surface area contributed by atoms with Gasteiger partial charge >= 0.3 is 11.8 Å². The summed E-state index contributed by atoms with van der Waals surface area (Å²) in [6.45, 7) is 14.3. The number of aliphatic hydroxyl groups excluding tert-OH is 2. The van der Waals surface area contributed by atoms with Crippen molar-refractivity contribution in [2.45, 2.75) is 91.7 Å². The molecule has 4 N–H and O–H groups in total. The van der Waals surface area contributed by atoms with Crippen molar-refractivity contribution in [2.75, 3.05) is 41.5 Å². The zero-order valence-corrected chi connectivity index (χ0v) is 38.5. The molecule has 2 aromatic carbocycles. The van der Waals surface area contributed by atoms with Crippen LogP contribution in [0.1, 0.15) is 81.6 Å². The largest absolute Gasteiger partial charge is 0.507 e. The van der Waals surface area contributed by atoms with Crippen molar-refractivity contribution in [2.24, 2.45) is 28.7 Å². The lowest BCUT2D eigenvalue weighted by atomic mass is 9.78. The number of ether oxygens (including phenoxy) is 7. The van der Waals surface area contributed by atoms with E-state index in [2.05, 4.69) is 5.32 Å². The molecule has 1 aliphatic carbocycles. The van der Waals surface area contributed by atoms with E-state index in [-0.39, 0.29) is 56.5 Å². The van der Waals surface area contributed by atoms with Gasteiger partial charge in [0.15, 0.2) is 11.5 Å². The quantitative estimate of drug-likeness (QED) is 0.245. The van der Waals surface area contributed by atoms with Crippen LogP contribution < -0.4 is 19.5 Å². The van der Waals surface area contributed by atoms with Crippen LogP contribution in [0.15, 0.2) is 70.8 Å². The predicted molar refractivity (Wildman–Crippen MR) is 237 cm³/mol. The first-order chi connectivity index (χ1) is 30.2. The number of fused-ring (bicyclic) bond motifs is 14. The normalized spacial score (nSPS) is 31.3. The maximum Gasteiger partial charge on any atom is 0.312 e. The number of ketones is 1. The molecular weight excluding hydrogens is 827 g/mol. The molecule has 2 aromatic rings. The molecule has 10 atom stereocenters. The Bertz CT molecular complexity index is 2310. The summed E-state index contributed by atoms with van der Waals surface area (Å²) in [7, 11) is 6.89. The average Bonchev–Trinajstić information content (AvgIpc) is 3.51. The smallest absolute Gasteiger partial charge is 0.312 e. The fourth-order valence-electron chi connectivity index (χ4n) is 8.79. The number of likely N-dealkylation sites (N-methyl/N-ethyl adjacent to an activating group) is 1. The number of aliphatic hydroxyl groups is 2. The first-order valence-electron chi connectivity index (χ1n) is 21.4. The maximum atomic E-state index is 14.8. The minimum atomic E-state index is -1.99. The molecule has 7 rings (SSSR count). The molecule has 4 aliphatic heterocycles. The highest BCUT2D eigenvalue weighted by molar-refractivity contribution is 6.24. The monoisotopic (exact) mass is 887 g/mol. The summed E-state index contributed by atoms with van der Waals surface area (Å²) in [6, 6.07) is 5.06. The highest BCUT2D eigenvalue weighted by atomic mass is 16.7. The van der Waals surface area contributed by atoms with Gasteiger partial charge in [-0.2, -0.15) is 0 Å². The van der Waals surface area contributed by atoms with Crippen LogP contribution in [0.4, 0.5) is 5.69 Å². The van der Waals surface area contributed by atoms with E-state index in [0.717, 1.165) is 0 Å². The van der Waals surface area contributed by atoms with Gasteiger partial charge in [-0.25, -0.2) is 4.99 Å². The summed E-state index contributed by atoms with van der Waals surface area (Å²) in [5.41, 5.74) is 0.561. The van der Waals surface area contributed by atoms with Gasteiger partial charge in [0.25, 0.3) is 11.7 Å². The highest BCUT2D eigenvalue weighted by Gasteiger charge is 2.53. The molecule has 1 amide bonds. The Balaban J connectivity index is 1.52. The van der Waals surface area contributed by atoms with Gasteiger partial charge in [0.2, 0.25) is 0 Å².